The van der Waals surface area contributed by atoms with E-state index in [1.165, 1.54) is 23.2 Å². The molecule has 4 rings (SSSR count). The Hall–Kier alpha value is -4.28. The molecule has 3 amide bonds. The van der Waals surface area contributed by atoms with Gasteiger partial charge in [0.05, 0.1) is 17.9 Å². The lowest BCUT2D eigenvalue weighted by atomic mass is 9.83. The second-order valence-corrected chi connectivity index (χ2v) is 11.2. The van der Waals surface area contributed by atoms with E-state index in [1.807, 2.05) is 12.1 Å². The molecule has 0 unspecified atom stereocenters. The normalized spacial score (nSPS) is 16.2. The van der Waals surface area contributed by atoms with Crippen LogP contribution >= 0.6 is 0 Å². The number of ketones is 1. The highest BCUT2D eigenvalue weighted by molar-refractivity contribution is 6.13. The molecule has 11 nitrogen and oxygen atoms in total. The van der Waals surface area contributed by atoms with Gasteiger partial charge in [-0.05, 0) is 31.0 Å². The number of benzene rings is 1. The van der Waals surface area contributed by atoms with Crippen molar-refractivity contribution in [1.29, 1.82) is 0 Å². The minimum absolute atomic E-state index is 0.0869. The lowest BCUT2D eigenvalue weighted by molar-refractivity contribution is -0.137. The van der Waals surface area contributed by atoms with Gasteiger partial charge in [0.25, 0.3) is 5.56 Å². The minimum Gasteiger partial charge on any atom is -0.480 e. The average Bonchev–Trinajstić information content (AvgIpc) is 3.01. The lowest BCUT2D eigenvalue weighted by Crippen LogP contribution is -2.47. The van der Waals surface area contributed by atoms with Crippen molar-refractivity contribution in [2.45, 2.75) is 59.4 Å². The quantitative estimate of drug-likeness (QED) is 0.514. The summed E-state index contributed by atoms with van der Waals surface area (Å²) < 4.78 is 0.963. The number of pyridine rings is 1. The Morgan fingerprint density at radius 1 is 0.975 bits per heavy atom. The van der Waals surface area contributed by atoms with E-state index in [0.29, 0.717) is 11.4 Å². The van der Waals surface area contributed by atoms with Gasteiger partial charge in [0.15, 0.2) is 5.78 Å². The molecule has 1 aliphatic carbocycles. The van der Waals surface area contributed by atoms with Crippen LogP contribution in [0.15, 0.2) is 52.5 Å². The number of amides is 3. The number of hydrogen-bond acceptors (Lipinski definition) is 6. The molecule has 1 aliphatic heterocycles. The molecular weight excluding hydrogens is 514 g/mol. The smallest absolute Gasteiger partial charge is 0.345 e. The van der Waals surface area contributed by atoms with Crippen LogP contribution in [0.3, 0.4) is 0 Å². The summed E-state index contributed by atoms with van der Waals surface area (Å²) in [5, 5.41) is 17.3. The van der Waals surface area contributed by atoms with Crippen molar-refractivity contribution >= 4 is 40.8 Å². The van der Waals surface area contributed by atoms with Gasteiger partial charge >= 0.3 is 12.0 Å². The Balaban J connectivity index is 1.69. The summed E-state index contributed by atoms with van der Waals surface area (Å²) >= 11 is 0. The lowest BCUT2D eigenvalue weighted by Gasteiger charge is -2.28. The number of Topliss-reactive ketones (excluding diaryl/α,β-unsaturated/α-hetero) is 1. The number of carboxylic acid groups (broad SMARTS) is 1. The van der Waals surface area contributed by atoms with Gasteiger partial charge in [-0.15, -0.1) is 0 Å². The fraction of sp³-hybridized carbons (Fsp3) is 0.448. The van der Waals surface area contributed by atoms with E-state index >= 15 is 0 Å². The third kappa shape index (κ3) is 6.47. The van der Waals surface area contributed by atoms with Crippen LogP contribution in [0.5, 0.6) is 0 Å². The van der Waals surface area contributed by atoms with E-state index in [-0.39, 0.29) is 23.9 Å². The fourth-order valence-corrected chi connectivity index (χ4v) is 4.94. The number of carboxylic acids is 1. The number of rotatable bonds is 8. The molecule has 1 fully saturated rings. The first-order chi connectivity index (χ1) is 19.0. The molecule has 0 spiro atoms. The Kier molecular flexibility index (Phi) is 8.51. The van der Waals surface area contributed by atoms with E-state index < -0.39 is 42.0 Å². The van der Waals surface area contributed by atoms with Crippen LogP contribution in [0, 0.1) is 11.3 Å². The predicted octanol–water partition coefficient (Wildman–Crippen LogP) is 3.71. The number of nitrogens with zero attached hydrogens (tertiary/aromatic N) is 4. The molecule has 2 aromatic rings. The van der Waals surface area contributed by atoms with Crippen LogP contribution in [0.25, 0.3) is 0 Å². The predicted molar refractivity (Wildman–Crippen MR) is 150 cm³/mol. The molecule has 2 N–H and O–H groups in total. The number of aliphatic carboxylic acids is 1. The number of urea groups is 1. The van der Waals surface area contributed by atoms with Crippen LogP contribution in [-0.4, -0.2) is 57.2 Å². The number of nitrogens with one attached hydrogen (secondary N) is 1. The first-order valence-electron chi connectivity index (χ1n) is 13.5. The maximum Gasteiger partial charge on any atom is 0.345 e. The van der Waals surface area contributed by atoms with Gasteiger partial charge in [0.1, 0.15) is 18.8 Å². The zero-order valence-electron chi connectivity index (χ0n) is 23.1. The van der Waals surface area contributed by atoms with Gasteiger partial charge in [-0.25, -0.2) is 9.80 Å². The van der Waals surface area contributed by atoms with Crippen molar-refractivity contribution in [3.8, 4) is 0 Å². The Morgan fingerprint density at radius 3 is 2.35 bits per heavy atom. The van der Waals surface area contributed by atoms with Crippen LogP contribution < -0.4 is 15.8 Å². The van der Waals surface area contributed by atoms with E-state index in [1.54, 1.807) is 32.9 Å². The molecule has 40 heavy (non-hydrogen) atoms. The SMILES string of the molecule is CC(C)(C)C(=O)CN1C(=O)N(CC(=O)Nc2cccn(CC(=O)O)c2=O)N=C(C2CCCCC2)c2ccccc21. The first kappa shape index (κ1) is 28.7. The van der Waals surface area contributed by atoms with Gasteiger partial charge in [-0.1, -0.05) is 58.2 Å². The van der Waals surface area contributed by atoms with Gasteiger partial charge < -0.3 is 15.0 Å². The molecule has 2 aliphatic rings. The molecule has 2 heterocycles. The van der Waals surface area contributed by atoms with Crippen LogP contribution in [-0.2, 0) is 20.9 Å². The number of carbonyl (C=O) groups is 4. The third-order valence-corrected chi connectivity index (χ3v) is 7.17. The molecule has 0 atom stereocenters. The first-order valence-corrected chi connectivity index (χ1v) is 13.5. The Bertz CT molecular complexity index is 1400. The number of hydrazone groups is 1. The van der Waals surface area contributed by atoms with Gasteiger partial charge in [0, 0.05) is 23.1 Å². The largest absolute Gasteiger partial charge is 0.480 e. The molecule has 1 aromatic heterocycles. The minimum atomic E-state index is -1.20. The van der Waals surface area contributed by atoms with E-state index in [4.69, 9.17) is 10.2 Å². The zero-order chi connectivity index (χ0) is 29.0. The highest BCUT2D eigenvalue weighted by atomic mass is 16.4. The summed E-state index contributed by atoms with van der Waals surface area (Å²) in [6.07, 6.45) is 6.29. The summed E-state index contributed by atoms with van der Waals surface area (Å²) in [5.74, 6) is -1.94. The molecule has 11 heteroatoms. The van der Waals surface area contributed by atoms with Crippen LogP contribution in [0.4, 0.5) is 16.2 Å². The standard InChI is InChI=1S/C29H35N5O6/c1-29(2,3)23(35)16-33-22-14-8-7-12-20(22)26(19-10-5-4-6-11-19)31-34(28(33)40)17-24(36)30-21-13-9-15-32(27(21)39)18-25(37)38/h7-9,12-15,19H,4-6,10-11,16-18H2,1-3H3,(H,30,36)(H,37,38). The summed E-state index contributed by atoms with van der Waals surface area (Å²) in [6.45, 7) is 4.11. The topological polar surface area (TPSA) is 141 Å². The maximum atomic E-state index is 13.9. The van der Waals surface area contributed by atoms with Crippen molar-refractivity contribution in [1.82, 2.24) is 9.58 Å². The van der Waals surface area contributed by atoms with Crippen molar-refractivity contribution in [2.24, 2.45) is 16.4 Å². The van der Waals surface area contributed by atoms with Crippen LogP contribution in [0.2, 0.25) is 0 Å². The van der Waals surface area contributed by atoms with Crippen molar-refractivity contribution in [3.63, 3.8) is 0 Å². The van der Waals surface area contributed by atoms with E-state index in [0.717, 1.165) is 47.2 Å². The number of carbonyl (C=O) groups excluding carboxylic acids is 3. The monoisotopic (exact) mass is 549 g/mol. The summed E-state index contributed by atoms with van der Waals surface area (Å²) in [4.78, 5) is 65.3. The highest BCUT2D eigenvalue weighted by Crippen LogP contribution is 2.34. The molecule has 212 valence electrons. The van der Waals surface area contributed by atoms with Gasteiger partial charge in [0.2, 0.25) is 5.91 Å². The van der Waals surface area contributed by atoms with Gasteiger partial charge in [-0.3, -0.25) is 24.1 Å². The van der Waals surface area contributed by atoms with Crippen molar-refractivity contribution in [3.05, 3.63) is 58.5 Å². The van der Waals surface area contributed by atoms with E-state index in [2.05, 4.69) is 5.32 Å². The van der Waals surface area contributed by atoms with Crippen molar-refractivity contribution < 1.29 is 24.3 Å². The summed E-state index contributed by atoms with van der Waals surface area (Å²) in [5.41, 5.74) is 0.529. The molecular formula is C29H35N5O6. The van der Waals surface area contributed by atoms with E-state index in [9.17, 15) is 24.0 Å². The second-order valence-electron chi connectivity index (χ2n) is 11.2. The summed E-state index contributed by atoms with van der Waals surface area (Å²) in [7, 11) is 0. The zero-order valence-corrected chi connectivity index (χ0v) is 23.1. The number of hydrogen-bond donors (Lipinski definition) is 2. The Labute approximate surface area is 232 Å². The molecule has 1 saturated carbocycles. The number of para-hydroxylation sites is 1. The Morgan fingerprint density at radius 2 is 1.68 bits per heavy atom. The summed E-state index contributed by atoms with van der Waals surface area (Å²) in [6, 6.07) is 9.55. The molecule has 0 saturated heterocycles. The van der Waals surface area contributed by atoms with Gasteiger partial charge in [-0.2, -0.15) is 5.10 Å². The number of fused-ring (bicyclic) bond motifs is 1. The second kappa shape index (κ2) is 11.8. The maximum absolute atomic E-state index is 13.9. The van der Waals surface area contributed by atoms with Crippen LogP contribution in [0.1, 0.15) is 58.4 Å². The number of anilines is 2. The molecule has 1 aromatic carbocycles. The molecule has 0 radical (unpaired) electrons. The molecule has 0 bridgehead atoms. The van der Waals surface area contributed by atoms with Crippen molar-refractivity contribution in [2.75, 3.05) is 23.3 Å². The number of aromatic nitrogens is 1. The average molecular weight is 550 g/mol. The fourth-order valence-electron chi connectivity index (χ4n) is 4.94. The highest BCUT2D eigenvalue weighted by Gasteiger charge is 2.36. The third-order valence-electron chi connectivity index (χ3n) is 7.17.